The van der Waals surface area contributed by atoms with Crippen LogP contribution in [-0.4, -0.2) is 142 Å². The summed E-state index contributed by atoms with van der Waals surface area (Å²) < 4.78 is 39.1. The molecule has 1 aliphatic carbocycles. The molecule has 0 radical (unpaired) electrons. The van der Waals surface area contributed by atoms with Gasteiger partial charge < -0.3 is 74.0 Å². The van der Waals surface area contributed by atoms with Gasteiger partial charge in [-0.15, -0.1) is 0 Å². The number of fused-ring (bicyclic) bond motifs is 3. The molecule has 17 heteroatoms. The van der Waals surface area contributed by atoms with Gasteiger partial charge in [0.15, 0.2) is 41.5 Å². The van der Waals surface area contributed by atoms with Crippen LogP contribution in [0, 0.1) is 11.8 Å². The summed E-state index contributed by atoms with van der Waals surface area (Å²) in [5.74, 6) is -8.65. The van der Waals surface area contributed by atoms with Gasteiger partial charge in [0.2, 0.25) is 5.79 Å². The molecule has 2 aromatic rings. The average molecular weight is 695 g/mol. The second-order valence-corrected chi connectivity index (χ2v) is 12.4. The van der Waals surface area contributed by atoms with Crippen LogP contribution < -0.4 is 9.47 Å². The number of carbonyl (C=O) groups excluding carboxylic acids is 2. The van der Waals surface area contributed by atoms with Crippen LogP contribution >= 0.6 is 0 Å². The topological polar surface area (TPSA) is 261 Å². The lowest BCUT2D eigenvalue weighted by Crippen LogP contribution is -2.63. The first-order valence-corrected chi connectivity index (χ1v) is 15.5. The van der Waals surface area contributed by atoms with Gasteiger partial charge in [-0.3, -0.25) is 9.59 Å². The molecule has 0 aromatic heterocycles. The maximum Gasteiger partial charge on any atom is 0.310 e. The van der Waals surface area contributed by atoms with Gasteiger partial charge in [-0.25, -0.2) is 0 Å². The molecule has 13 atom stereocenters. The van der Waals surface area contributed by atoms with Crippen molar-refractivity contribution in [2.24, 2.45) is 11.8 Å². The first-order valence-electron chi connectivity index (χ1n) is 15.5. The Morgan fingerprint density at radius 3 is 1.84 bits per heavy atom. The summed E-state index contributed by atoms with van der Waals surface area (Å²) >= 11 is 0. The number of cyclic esters (lactones) is 1. The molecule has 13 unspecified atom stereocenters. The number of hydrogen-bond donors (Lipinski definition) is 8. The Balaban J connectivity index is 1.40. The molecule has 49 heavy (non-hydrogen) atoms. The van der Waals surface area contributed by atoms with E-state index in [1.807, 2.05) is 0 Å². The van der Waals surface area contributed by atoms with E-state index >= 15 is 0 Å². The lowest BCUT2D eigenvalue weighted by molar-refractivity contribution is -0.384. The van der Waals surface area contributed by atoms with Crippen molar-refractivity contribution in [3.05, 3.63) is 47.5 Å². The number of hydrogen-bond acceptors (Lipinski definition) is 17. The fraction of sp³-hybridized carbons (Fsp3) is 0.562. The summed E-state index contributed by atoms with van der Waals surface area (Å²) in [5.41, 5.74) is 0.937. The third kappa shape index (κ3) is 5.84. The molecular formula is C32H38O17. The fourth-order valence-corrected chi connectivity index (χ4v) is 7.19. The predicted octanol–water partition coefficient (Wildman–Crippen LogP) is -2.04. The molecule has 0 spiro atoms. The van der Waals surface area contributed by atoms with Crippen LogP contribution in [0.4, 0.5) is 0 Å². The van der Waals surface area contributed by atoms with E-state index in [-0.39, 0.29) is 23.0 Å². The molecule has 4 aliphatic rings. The summed E-state index contributed by atoms with van der Waals surface area (Å²) in [6.45, 7) is -2.50. The third-order valence-electron chi connectivity index (χ3n) is 9.76. The van der Waals surface area contributed by atoms with Crippen molar-refractivity contribution in [3.8, 4) is 23.0 Å². The molecule has 3 saturated heterocycles. The largest absolute Gasteiger partial charge is 0.504 e. The van der Waals surface area contributed by atoms with Crippen LogP contribution in [0.2, 0.25) is 0 Å². The first kappa shape index (κ1) is 35.1. The molecule has 8 N–H and O–H groups in total. The Morgan fingerprint density at radius 1 is 0.755 bits per heavy atom. The summed E-state index contributed by atoms with van der Waals surface area (Å²) in [5, 5.41) is 83.0. The Hall–Kier alpha value is -3.78. The molecule has 2 bridgehead atoms. The second-order valence-electron chi connectivity index (χ2n) is 12.4. The molecule has 3 aliphatic heterocycles. The monoisotopic (exact) mass is 694 g/mol. The van der Waals surface area contributed by atoms with Crippen LogP contribution in [0.5, 0.6) is 23.0 Å². The average Bonchev–Trinajstić information content (AvgIpc) is 3.33. The minimum Gasteiger partial charge on any atom is -0.504 e. The third-order valence-corrected chi connectivity index (χ3v) is 9.76. The number of aliphatic hydroxyl groups excluding tert-OH is 6. The summed E-state index contributed by atoms with van der Waals surface area (Å²) in [6.07, 6.45) is -13.8. The van der Waals surface area contributed by atoms with Gasteiger partial charge in [0.1, 0.15) is 37.1 Å². The first-order chi connectivity index (χ1) is 23.4. The van der Waals surface area contributed by atoms with E-state index < -0.39 is 110 Å². The van der Waals surface area contributed by atoms with E-state index in [0.717, 1.165) is 0 Å². The maximum absolute atomic E-state index is 14.1. The Bertz CT molecular complexity index is 1550. The summed E-state index contributed by atoms with van der Waals surface area (Å²) in [4.78, 5) is 28.1. The van der Waals surface area contributed by atoms with Crippen LogP contribution in [0.1, 0.15) is 23.0 Å². The zero-order valence-corrected chi connectivity index (χ0v) is 26.3. The van der Waals surface area contributed by atoms with Gasteiger partial charge in [-0.1, -0.05) is 12.1 Å². The van der Waals surface area contributed by atoms with E-state index in [2.05, 4.69) is 0 Å². The van der Waals surface area contributed by atoms with Crippen LogP contribution in [-0.2, 0) is 33.3 Å². The SMILES string of the molecule is COc1cc(C2C3C(=O)OCC4(OC5OC(CO)C(O)C(O)C5O)OC(CO)C(OC(=O)C3C2c2ccc(O)c(OC)c2)C4O)ccc1O. The molecular weight excluding hydrogens is 656 g/mol. The van der Waals surface area contributed by atoms with E-state index in [4.69, 9.17) is 33.2 Å². The molecule has 6 rings (SSSR count). The van der Waals surface area contributed by atoms with Gasteiger partial charge >= 0.3 is 11.9 Å². The zero-order chi connectivity index (χ0) is 35.4. The smallest absolute Gasteiger partial charge is 0.310 e. The lowest BCUT2D eigenvalue weighted by atomic mass is 9.52. The predicted molar refractivity (Wildman–Crippen MR) is 158 cm³/mol. The van der Waals surface area contributed by atoms with Crippen LogP contribution in [0.15, 0.2) is 36.4 Å². The number of phenols is 2. The van der Waals surface area contributed by atoms with Crippen molar-refractivity contribution in [2.45, 2.75) is 66.6 Å². The Kier molecular flexibility index (Phi) is 9.66. The van der Waals surface area contributed by atoms with Crippen molar-refractivity contribution >= 4 is 11.9 Å². The van der Waals surface area contributed by atoms with Crippen molar-refractivity contribution in [1.29, 1.82) is 0 Å². The van der Waals surface area contributed by atoms with Crippen molar-refractivity contribution in [3.63, 3.8) is 0 Å². The normalized spacial score (nSPS) is 38.9. The number of rotatable bonds is 8. The standard InChI is InChI=1S/C32H38O17/c1-43-16-7-12(3-5-14(16)35)20-21(13-4-6-15(36)17(8-13)44-2)23-22(20)29(41)45-11-32(28(40)27(47-30(23)42)19(10-34)48-32)49-31-26(39)25(38)24(37)18(9-33)46-31/h3-8,18-28,31,33-40H,9-11H2,1-2H3. The van der Waals surface area contributed by atoms with Gasteiger partial charge in [-0.2, -0.15) is 0 Å². The van der Waals surface area contributed by atoms with E-state index in [1.165, 1.54) is 38.5 Å². The molecule has 0 amide bonds. The minimum atomic E-state index is -2.45. The molecule has 17 nitrogen and oxygen atoms in total. The van der Waals surface area contributed by atoms with E-state index in [1.54, 1.807) is 12.1 Å². The number of ether oxygens (including phenoxy) is 7. The number of benzene rings is 2. The zero-order valence-electron chi connectivity index (χ0n) is 26.3. The second kappa shape index (κ2) is 13.5. The van der Waals surface area contributed by atoms with Gasteiger partial charge in [0.05, 0.1) is 39.3 Å². The van der Waals surface area contributed by atoms with Gasteiger partial charge in [-0.05, 0) is 35.4 Å². The van der Waals surface area contributed by atoms with Gasteiger partial charge in [0.25, 0.3) is 0 Å². The van der Waals surface area contributed by atoms with Crippen LogP contribution in [0.25, 0.3) is 0 Å². The molecule has 3 heterocycles. The Labute approximate surface area is 278 Å². The molecule has 268 valence electrons. The van der Waals surface area contributed by atoms with E-state index in [9.17, 15) is 50.4 Å². The highest BCUT2D eigenvalue weighted by molar-refractivity contribution is 5.87. The van der Waals surface area contributed by atoms with Crippen molar-refractivity contribution in [2.75, 3.05) is 34.0 Å². The quantitative estimate of drug-likeness (QED) is 0.138. The Morgan fingerprint density at radius 2 is 1.31 bits per heavy atom. The maximum atomic E-state index is 14.1. The highest BCUT2D eigenvalue weighted by atomic mass is 16.8. The van der Waals surface area contributed by atoms with Gasteiger partial charge in [0, 0.05) is 11.8 Å². The molecule has 2 aromatic carbocycles. The number of carbonyl (C=O) groups is 2. The fourth-order valence-electron chi connectivity index (χ4n) is 7.19. The summed E-state index contributed by atoms with van der Waals surface area (Å²) in [6, 6.07) is 8.82. The van der Waals surface area contributed by atoms with Crippen LogP contribution in [0.3, 0.4) is 0 Å². The number of aromatic hydroxyl groups is 2. The molecule has 4 fully saturated rings. The van der Waals surface area contributed by atoms with E-state index in [0.29, 0.717) is 11.1 Å². The summed E-state index contributed by atoms with van der Waals surface area (Å²) in [7, 11) is 2.68. The van der Waals surface area contributed by atoms with Crippen molar-refractivity contribution < 1.29 is 83.6 Å². The minimum absolute atomic E-state index is 0.0889. The highest BCUT2D eigenvalue weighted by Gasteiger charge is 2.66. The number of esters is 2. The lowest BCUT2D eigenvalue weighted by Gasteiger charge is -2.50. The highest BCUT2D eigenvalue weighted by Crippen LogP contribution is 2.60. The van der Waals surface area contributed by atoms with Crippen molar-refractivity contribution in [1.82, 2.24) is 0 Å². The number of phenolic OH excluding ortho intramolecular Hbond substituents is 2. The number of methoxy groups -OCH3 is 2. The molecule has 1 saturated carbocycles. The number of aliphatic hydroxyl groups is 6.